The predicted molar refractivity (Wildman–Crippen MR) is 84.6 cm³/mol. The second-order valence-electron chi connectivity index (χ2n) is 3.31. The summed E-state index contributed by atoms with van der Waals surface area (Å²) in [6.45, 7) is 3.12. The molecule has 0 saturated carbocycles. The van der Waals surface area contributed by atoms with E-state index in [1.54, 1.807) is 22.7 Å². The first-order valence-electron chi connectivity index (χ1n) is 4.92. The van der Waals surface area contributed by atoms with Crippen molar-refractivity contribution in [2.45, 2.75) is 13.0 Å². The van der Waals surface area contributed by atoms with Gasteiger partial charge in [0.2, 0.25) is 0 Å². The standard InChI is InChI=1S/C11H11BrINS2/c1-2-14-10(7-5-9(13)16-6-7)11-8(12)3-4-15-11/h3-6,10,14H,2H2,1H3. The quantitative estimate of drug-likeness (QED) is 0.686. The SMILES string of the molecule is CCNC(c1csc(I)c1)c1sccc1Br. The highest BCUT2D eigenvalue weighted by Gasteiger charge is 2.18. The van der Waals surface area contributed by atoms with Gasteiger partial charge in [0.25, 0.3) is 0 Å². The van der Waals surface area contributed by atoms with Crippen LogP contribution in [0.5, 0.6) is 0 Å². The van der Waals surface area contributed by atoms with Crippen LogP contribution in [-0.4, -0.2) is 6.54 Å². The molecule has 1 atom stereocenters. The summed E-state index contributed by atoms with van der Waals surface area (Å²) in [5, 5.41) is 7.90. The molecule has 0 spiro atoms. The number of hydrogen-bond donors (Lipinski definition) is 1. The molecule has 0 aliphatic heterocycles. The lowest BCUT2D eigenvalue weighted by molar-refractivity contribution is 0.639. The van der Waals surface area contributed by atoms with Crippen LogP contribution in [0.4, 0.5) is 0 Å². The maximum atomic E-state index is 3.61. The summed E-state index contributed by atoms with van der Waals surface area (Å²) in [5.41, 5.74) is 1.36. The van der Waals surface area contributed by atoms with E-state index in [2.05, 4.69) is 73.7 Å². The third kappa shape index (κ3) is 2.87. The minimum atomic E-state index is 0.319. The topological polar surface area (TPSA) is 12.0 Å². The van der Waals surface area contributed by atoms with E-state index in [-0.39, 0.29) is 0 Å². The molecule has 0 aliphatic carbocycles. The zero-order valence-corrected chi connectivity index (χ0v) is 14.0. The molecule has 0 radical (unpaired) electrons. The fourth-order valence-corrected chi connectivity index (χ4v) is 4.65. The van der Waals surface area contributed by atoms with Gasteiger partial charge in [0.15, 0.2) is 0 Å². The third-order valence-electron chi connectivity index (χ3n) is 2.24. The lowest BCUT2D eigenvalue weighted by atomic mass is 10.1. The van der Waals surface area contributed by atoms with Gasteiger partial charge in [-0.25, -0.2) is 0 Å². The molecule has 0 fully saturated rings. The Hall–Kier alpha value is 0.570. The Bertz CT molecular complexity index is 466. The summed E-state index contributed by atoms with van der Waals surface area (Å²) in [6.07, 6.45) is 0. The Morgan fingerprint density at radius 1 is 1.50 bits per heavy atom. The molecule has 86 valence electrons. The van der Waals surface area contributed by atoms with Gasteiger partial charge in [0, 0.05) is 9.35 Å². The zero-order chi connectivity index (χ0) is 11.5. The molecule has 16 heavy (non-hydrogen) atoms. The second-order valence-corrected chi connectivity index (χ2v) is 7.92. The van der Waals surface area contributed by atoms with Crippen LogP contribution in [-0.2, 0) is 0 Å². The Kier molecular flexibility index (Phi) is 4.84. The summed E-state index contributed by atoms with van der Waals surface area (Å²) < 4.78 is 2.54. The van der Waals surface area contributed by atoms with Crippen molar-refractivity contribution in [1.82, 2.24) is 5.32 Å². The van der Waals surface area contributed by atoms with Crippen LogP contribution in [0.25, 0.3) is 0 Å². The van der Waals surface area contributed by atoms with E-state index in [9.17, 15) is 0 Å². The second kappa shape index (κ2) is 5.95. The normalized spacial score (nSPS) is 12.9. The van der Waals surface area contributed by atoms with Crippen LogP contribution in [0.1, 0.15) is 23.4 Å². The minimum Gasteiger partial charge on any atom is -0.306 e. The number of hydrogen-bond acceptors (Lipinski definition) is 3. The predicted octanol–water partition coefficient (Wildman–Crippen LogP) is 4.88. The van der Waals surface area contributed by atoms with Crippen molar-refractivity contribution in [2.75, 3.05) is 6.54 Å². The van der Waals surface area contributed by atoms with E-state index in [1.165, 1.54) is 17.8 Å². The molecular formula is C11H11BrINS2. The van der Waals surface area contributed by atoms with Gasteiger partial charge in [0.1, 0.15) is 0 Å². The number of halogens is 2. The molecule has 2 aromatic heterocycles. The molecular weight excluding hydrogens is 417 g/mol. The highest BCUT2D eigenvalue weighted by molar-refractivity contribution is 14.1. The first-order chi connectivity index (χ1) is 7.72. The van der Waals surface area contributed by atoms with Crippen LogP contribution >= 0.6 is 61.2 Å². The van der Waals surface area contributed by atoms with Crippen molar-refractivity contribution in [3.05, 3.63) is 40.7 Å². The molecule has 0 amide bonds. The maximum Gasteiger partial charge on any atom is 0.0690 e. The monoisotopic (exact) mass is 427 g/mol. The van der Waals surface area contributed by atoms with Crippen molar-refractivity contribution in [3.8, 4) is 0 Å². The average molecular weight is 428 g/mol. The van der Waals surface area contributed by atoms with Crippen molar-refractivity contribution in [2.24, 2.45) is 0 Å². The van der Waals surface area contributed by atoms with Crippen LogP contribution in [0, 0.1) is 2.88 Å². The van der Waals surface area contributed by atoms with Gasteiger partial charge in [-0.1, -0.05) is 6.92 Å². The Morgan fingerprint density at radius 3 is 2.81 bits per heavy atom. The maximum absolute atomic E-state index is 3.61. The molecule has 0 aromatic carbocycles. The fourth-order valence-electron chi connectivity index (χ4n) is 1.55. The Morgan fingerprint density at radius 2 is 2.31 bits per heavy atom. The van der Waals surface area contributed by atoms with Crippen LogP contribution in [0.3, 0.4) is 0 Å². The van der Waals surface area contributed by atoms with Crippen LogP contribution in [0.15, 0.2) is 27.4 Å². The molecule has 2 heterocycles. The molecule has 5 heteroatoms. The molecule has 0 saturated heterocycles. The zero-order valence-electron chi connectivity index (χ0n) is 8.67. The summed E-state index contributed by atoms with van der Waals surface area (Å²) >= 11 is 9.58. The molecule has 2 rings (SSSR count). The van der Waals surface area contributed by atoms with E-state index < -0.39 is 0 Å². The smallest absolute Gasteiger partial charge is 0.0690 e. The van der Waals surface area contributed by atoms with Crippen molar-refractivity contribution < 1.29 is 0 Å². The van der Waals surface area contributed by atoms with Gasteiger partial charge in [-0.05, 0) is 73.5 Å². The van der Waals surface area contributed by atoms with E-state index in [1.807, 2.05) is 0 Å². The highest BCUT2D eigenvalue weighted by atomic mass is 127. The molecule has 1 nitrogen and oxygen atoms in total. The van der Waals surface area contributed by atoms with E-state index in [4.69, 9.17) is 0 Å². The first-order valence-corrected chi connectivity index (χ1v) is 8.55. The van der Waals surface area contributed by atoms with Crippen LogP contribution in [0.2, 0.25) is 0 Å². The van der Waals surface area contributed by atoms with Gasteiger partial charge in [-0.3, -0.25) is 0 Å². The molecule has 1 N–H and O–H groups in total. The summed E-state index contributed by atoms with van der Waals surface area (Å²) in [4.78, 5) is 1.36. The van der Waals surface area contributed by atoms with Gasteiger partial charge < -0.3 is 5.32 Å². The van der Waals surface area contributed by atoms with E-state index in [0.717, 1.165) is 6.54 Å². The van der Waals surface area contributed by atoms with Crippen molar-refractivity contribution >= 4 is 61.2 Å². The Balaban J connectivity index is 2.34. The Labute approximate surface area is 126 Å². The third-order valence-corrected chi connectivity index (χ3v) is 5.98. The average Bonchev–Trinajstić information content (AvgIpc) is 2.84. The summed E-state index contributed by atoms with van der Waals surface area (Å²) in [5.74, 6) is 0. The highest BCUT2D eigenvalue weighted by Crippen LogP contribution is 2.35. The number of nitrogens with one attached hydrogen (secondary N) is 1. The van der Waals surface area contributed by atoms with E-state index in [0.29, 0.717) is 6.04 Å². The van der Waals surface area contributed by atoms with E-state index >= 15 is 0 Å². The van der Waals surface area contributed by atoms with Gasteiger partial charge in [-0.15, -0.1) is 22.7 Å². The van der Waals surface area contributed by atoms with Gasteiger partial charge in [-0.2, -0.15) is 0 Å². The molecule has 0 aliphatic rings. The number of thiophene rings is 2. The molecule has 0 bridgehead atoms. The largest absolute Gasteiger partial charge is 0.306 e. The van der Waals surface area contributed by atoms with Crippen molar-refractivity contribution in [1.29, 1.82) is 0 Å². The molecule has 1 unspecified atom stereocenters. The van der Waals surface area contributed by atoms with Gasteiger partial charge in [0.05, 0.1) is 8.93 Å². The summed E-state index contributed by atoms with van der Waals surface area (Å²) in [7, 11) is 0. The number of rotatable bonds is 4. The fraction of sp³-hybridized carbons (Fsp3) is 0.273. The minimum absolute atomic E-state index is 0.319. The lowest BCUT2D eigenvalue weighted by Crippen LogP contribution is -2.20. The molecule has 2 aromatic rings. The lowest BCUT2D eigenvalue weighted by Gasteiger charge is -2.15. The first kappa shape index (κ1) is 13.0. The van der Waals surface area contributed by atoms with Crippen LogP contribution < -0.4 is 5.32 Å². The van der Waals surface area contributed by atoms with Crippen molar-refractivity contribution in [3.63, 3.8) is 0 Å². The van der Waals surface area contributed by atoms with Gasteiger partial charge >= 0.3 is 0 Å². The summed E-state index contributed by atoms with van der Waals surface area (Å²) in [6, 6.07) is 4.69.